The minimum Gasteiger partial charge on any atom is -0.490 e. The lowest BCUT2D eigenvalue weighted by molar-refractivity contribution is -0.153. The number of aryl methyl sites for hydroxylation is 1. The van der Waals surface area contributed by atoms with Crippen molar-refractivity contribution in [1.29, 1.82) is 5.26 Å². The van der Waals surface area contributed by atoms with Gasteiger partial charge in [0.05, 0.1) is 12.5 Å². The van der Waals surface area contributed by atoms with Gasteiger partial charge in [-0.25, -0.2) is 0 Å². The molecule has 1 aromatic carbocycles. The Hall–Kier alpha value is -2.02. The number of benzene rings is 1. The molecule has 22 heavy (non-hydrogen) atoms. The summed E-state index contributed by atoms with van der Waals surface area (Å²) in [6, 6.07) is 8.02. The molecular weight excluding hydrogens is 278 g/mol. The highest BCUT2D eigenvalue weighted by Gasteiger charge is 2.21. The predicted octanol–water partition coefficient (Wildman–Crippen LogP) is 3.57. The number of fused-ring (bicyclic) bond motifs is 1. The third-order valence-electron chi connectivity index (χ3n) is 3.50. The standard InChI is InChI=1S/C18H23NO3/c1-18(2,3)22-17(20)12-13-6-9-16-14(11-13)7-8-15(21-16)5-4-10-19/h6,9,11,15H,4-5,7-8,12H2,1-3H3/t15-/m0/s1. The molecule has 4 heteroatoms. The second-order valence-corrected chi connectivity index (χ2v) is 6.68. The van der Waals surface area contributed by atoms with Gasteiger partial charge < -0.3 is 9.47 Å². The topological polar surface area (TPSA) is 59.3 Å². The molecule has 4 nitrogen and oxygen atoms in total. The number of ether oxygens (including phenoxy) is 2. The second-order valence-electron chi connectivity index (χ2n) is 6.68. The zero-order valence-electron chi connectivity index (χ0n) is 13.5. The summed E-state index contributed by atoms with van der Waals surface area (Å²) >= 11 is 0. The fraction of sp³-hybridized carbons (Fsp3) is 0.556. The van der Waals surface area contributed by atoms with Crippen LogP contribution in [0.15, 0.2) is 18.2 Å². The first kappa shape index (κ1) is 16.4. The number of nitrogens with zero attached hydrogens (tertiary/aromatic N) is 1. The van der Waals surface area contributed by atoms with Crippen LogP contribution < -0.4 is 4.74 Å². The summed E-state index contributed by atoms with van der Waals surface area (Å²) in [5.41, 5.74) is 1.63. The zero-order valence-corrected chi connectivity index (χ0v) is 13.5. The summed E-state index contributed by atoms with van der Waals surface area (Å²) in [5, 5.41) is 8.64. The van der Waals surface area contributed by atoms with Gasteiger partial charge in [0.1, 0.15) is 17.5 Å². The Bertz CT molecular complexity index is 581. The number of carbonyl (C=O) groups excluding carboxylic acids is 1. The summed E-state index contributed by atoms with van der Waals surface area (Å²) in [7, 11) is 0. The van der Waals surface area contributed by atoms with Gasteiger partial charge in [-0.05, 0) is 57.2 Å². The van der Waals surface area contributed by atoms with E-state index < -0.39 is 5.60 Å². The first-order valence-electron chi connectivity index (χ1n) is 7.74. The molecule has 1 aliphatic rings. The van der Waals surface area contributed by atoms with Gasteiger partial charge in [-0.15, -0.1) is 0 Å². The van der Waals surface area contributed by atoms with Crippen LogP contribution in [0.1, 0.15) is 51.2 Å². The molecule has 0 N–H and O–H groups in total. The molecule has 0 fully saturated rings. The molecule has 0 radical (unpaired) electrons. The summed E-state index contributed by atoms with van der Waals surface area (Å²) in [5.74, 6) is 0.665. The van der Waals surface area contributed by atoms with Crippen LogP contribution in [-0.4, -0.2) is 17.7 Å². The third kappa shape index (κ3) is 4.77. The average Bonchev–Trinajstić information content (AvgIpc) is 2.43. The SMILES string of the molecule is CC(C)(C)OC(=O)Cc1ccc2c(c1)CC[C@H](CCC#N)O2. The van der Waals surface area contributed by atoms with Crippen LogP contribution in [0.4, 0.5) is 0 Å². The van der Waals surface area contributed by atoms with Crippen LogP contribution >= 0.6 is 0 Å². The number of nitriles is 1. The Labute approximate surface area is 132 Å². The number of hydrogen-bond donors (Lipinski definition) is 0. The van der Waals surface area contributed by atoms with Gasteiger partial charge in [0.15, 0.2) is 0 Å². The number of carbonyl (C=O) groups is 1. The van der Waals surface area contributed by atoms with Crippen molar-refractivity contribution in [2.45, 2.75) is 64.6 Å². The van der Waals surface area contributed by atoms with Crippen molar-refractivity contribution >= 4 is 5.97 Å². The highest BCUT2D eigenvalue weighted by atomic mass is 16.6. The van der Waals surface area contributed by atoms with Crippen LogP contribution in [-0.2, 0) is 22.4 Å². The predicted molar refractivity (Wildman–Crippen MR) is 83.6 cm³/mol. The number of esters is 1. The van der Waals surface area contributed by atoms with Gasteiger partial charge in [0.25, 0.3) is 0 Å². The first-order chi connectivity index (χ1) is 10.4. The smallest absolute Gasteiger partial charge is 0.310 e. The van der Waals surface area contributed by atoms with E-state index in [1.807, 2.05) is 39.0 Å². The lowest BCUT2D eigenvalue weighted by atomic mass is 9.97. The monoisotopic (exact) mass is 301 g/mol. The molecule has 1 aromatic rings. The molecule has 118 valence electrons. The van der Waals surface area contributed by atoms with Gasteiger partial charge >= 0.3 is 5.97 Å². The summed E-state index contributed by atoms with van der Waals surface area (Å²) in [6.45, 7) is 5.60. The molecule has 0 bridgehead atoms. The molecule has 2 rings (SSSR count). The minimum atomic E-state index is -0.456. The molecule has 0 aromatic heterocycles. The molecule has 0 unspecified atom stereocenters. The fourth-order valence-corrected chi connectivity index (χ4v) is 2.58. The number of hydrogen-bond acceptors (Lipinski definition) is 4. The quantitative estimate of drug-likeness (QED) is 0.798. The van der Waals surface area contributed by atoms with Crippen molar-refractivity contribution in [2.75, 3.05) is 0 Å². The Morgan fingerprint density at radius 3 is 2.91 bits per heavy atom. The van der Waals surface area contributed by atoms with Gasteiger partial charge in [-0.1, -0.05) is 12.1 Å². The largest absolute Gasteiger partial charge is 0.490 e. The second kappa shape index (κ2) is 6.83. The van der Waals surface area contributed by atoms with E-state index in [-0.39, 0.29) is 18.5 Å². The van der Waals surface area contributed by atoms with E-state index in [9.17, 15) is 4.79 Å². The lowest BCUT2D eigenvalue weighted by Gasteiger charge is -2.26. The minimum absolute atomic E-state index is 0.129. The van der Waals surface area contributed by atoms with Crippen LogP contribution in [0, 0.1) is 11.3 Å². The van der Waals surface area contributed by atoms with Crippen molar-refractivity contribution in [1.82, 2.24) is 0 Å². The first-order valence-corrected chi connectivity index (χ1v) is 7.74. The Kier molecular flexibility index (Phi) is 5.07. The Morgan fingerprint density at radius 2 is 2.23 bits per heavy atom. The van der Waals surface area contributed by atoms with Crippen molar-refractivity contribution in [2.24, 2.45) is 0 Å². The van der Waals surface area contributed by atoms with E-state index in [1.54, 1.807) is 0 Å². The Balaban J connectivity index is 1.98. The van der Waals surface area contributed by atoms with Crippen LogP contribution in [0.5, 0.6) is 5.75 Å². The third-order valence-corrected chi connectivity index (χ3v) is 3.50. The molecular formula is C18H23NO3. The molecule has 1 atom stereocenters. The molecule has 0 spiro atoms. The molecule has 0 amide bonds. The lowest BCUT2D eigenvalue weighted by Crippen LogP contribution is -2.25. The number of rotatable bonds is 4. The summed E-state index contributed by atoms with van der Waals surface area (Å²) in [4.78, 5) is 11.9. The highest BCUT2D eigenvalue weighted by molar-refractivity contribution is 5.73. The van der Waals surface area contributed by atoms with Gasteiger partial charge in [0, 0.05) is 6.42 Å². The van der Waals surface area contributed by atoms with E-state index in [1.165, 1.54) is 0 Å². The summed E-state index contributed by atoms with van der Waals surface area (Å²) in [6.07, 6.45) is 3.55. The fourth-order valence-electron chi connectivity index (χ4n) is 2.58. The van der Waals surface area contributed by atoms with Crippen LogP contribution in [0.3, 0.4) is 0 Å². The zero-order chi connectivity index (χ0) is 16.2. The highest BCUT2D eigenvalue weighted by Crippen LogP contribution is 2.30. The average molecular weight is 301 g/mol. The summed E-state index contributed by atoms with van der Waals surface area (Å²) < 4.78 is 11.3. The van der Waals surface area contributed by atoms with E-state index in [0.717, 1.165) is 36.1 Å². The van der Waals surface area contributed by atoms with Crippen molar-refractivity contribution in [3.63, 3.8) is 0 Å². The van der Waals surface area contributed by atoms with E-state index >= 15 is 0 Å². The van der Waals surface area contributed by atoms with Crippen LogP contribution in [0.2, 0.25) is 0 Å². The maximum atomic E-state index is 11.9. The molecule has 1 aliphatic heterocycles. The van der Waals surface area contributed by atoms with Crippen LogP contribution in [0.25, 0.3) is 0 Å². The molecule has 1 heterocycles. The molecule has 0 saturated heterocycles. The maximum Gasteiger partial charge on any atom is 0.310 e. The van der Waals surface area contributed by atoms with E-state index in [4.69, 9.17) is 14.7 Å². The Morgan fingerprint density at radius 1 is 1.45 bits per heavy atom. The van der Waals surface area contributed by atoms with Crippen molar-refractivity contribution in [3.8, 4) is 11.8 Å². The molecule has 0 saturated carbocycles. The van der Waals surface area contributed by atoms with Gasteiger partial charge in [-0.2, -0.15) is 5.26 Å². The normalized spacial score (nSPS) is 17.1. The van der Waals surface area contributed by atoms with E-state index in [0.29, 0.717) is 6.42 Å². The van der Waals surface area contributed by atoms with E-state index in [2.05, 4.69) is 6.07 Å². The van der Waals surface area contributed by atoms with Gasteiger partial charge in [0.2, 0.25) is 0 Å². The molecule has 0 aliphatic carbocycles. The van der Waals surface area contributed by atoms with Crippen molar-refractivity contribution in [3.05, 3.63) is 29.3 Å². The van der Waals surface area contributed by atoms with Gasteiger partial charge in [-0.3, -0.25) is 4.79 Å². The van der Waals surface area contributed by atoms with Crippen molar-refractivity contribution < 1.29 is 14.3 Å². The maximum absolute atomic E-state index is 11.9.